The van der Waals surface area contributed by atoms with E-state index in [2.05, 4.69) is 4.98 Å². The van der Waals surface area contributed by atoms with Crippen molar-refractivity contribution in [3.05, 3.63) is 42.1 Å². The maximum absolute atomic E-state index is 12.6. The van der Waals surface area contributed by atoms with Gasteiger partial charge < -0.3 is 10.0 Å². The molecule has 22 heavy (non-hydrogen) atoms. The summed E-state index contributed by atoms with van der Waals surface area (Å²) in [6, 6.07) is 11.6. The number of carbonyl (C=O) groups is 1. The quantitative estimate of drug-likeness (QED) is 0.880. The molecule has 1 amide bonds. The lowest BCUT2D eigenvalue weighted by atomic mass is 9.61. The number of aromatic nitrogens is 1. The van der Waals surface area contributed by atoms with Gasteiger partial charge in [0.15, 0.2) is 0 Å². The van der Waals surface area contributed by atoms with Crippen LogP contribution in [0.25, 0.3) is 10.9 Å². The molecular formula is C18H20N2O2. The first kappa shape index (κ1) is 13.7. The van der Waals surface area contributed by atoms with Crippen molar-refractivity contribution in [1.29, 1.82) is 0 Å². The van der Waals surface area contributed by atoms with Crippen molar-refractivity contribution in [2.24, 2.45) is 5.41 Å². The van der Waals surface area contributed by atoms with Crippen molar-refractivity contribution in [2.75, 3.05) is 13.1 Å². The van der Waals surface area contributed by atoms with Gasteiger partial charge in [0.25, 0.3) is 5.91 Å². The van der Waals surface area contributed by atoms with Gasteiger partial charge in [-0.1, -0.05) is 24.3 Å². The van der Waals surface area contributed by atoms with Gasteiger partial charge in [0.1, 0.15) is 5.69 Å². The lowest BCUT2D eigenvalue weighted by Gasteiger charge is -2.51. The minimum absolute atomic E-state index is 0.00872. The van der Waals surface area contributed by atoms with Gasteiger partial charge in [0, 0.05) is 18.5 Å². The van der Waals surface area contributed by atoms with E-state index in [4.69, 9.17) is 0 Å². The van der Waals surface area contributed by atoms with Gasteiger partial charge in [-0.25, -0.2) is 4.98 Å². The van der Waals surface area contributed by atoms with Crippen molar-refractivity contribution in [2.45, 2.75) is 31.8 Å². The first-order valence-electron chi connectivity index (χ1n) is 8.01. The summed E-state index contributed by atoms with van der Waals surface area (Å²) in [6.45, 7) is 1.45. The van der Waals surface area contributed by atoms with E-state index < -0.39 is 0 Å². The summed E-state index contributed by atoms with van der Waals surface area (Å²) in [5, 5.41) is 11.0. The van der Waals surface area contributed by atoms with E-state index in [1.54, 1.807) is 0 Å². The number of piperidine rings is 1. The van der Waals surface area contributed by atoms with Gasteiger partial charge in [-0.3, -0.25) is 4.79 Å². The smallest absolute Gasteiger partial charge is 0.272 e. The van der Waals surface area contributed by atoms with Crippen LogP contribution in [0.1, 0.15) is 36.2 Å². The third kappa shape index (κ3) is 2.10. The number of rotatable bonds is 1. The maximum Gasteiger partial charge on any atom is 0.272 e. The molecule has 1 saturated heterocycles. The molecule has 2 aliphatic rings. The van der Waals surface area contributed by atoms with Gasteiger partial charge in [-0.2, -0.15) is 0 Å². The van der Waals surface area contributed by atoms with Crippen LogP contribution in [0.15, 0.2) is 36.4 Å². The zero-order chi connectivity index (χ0) is 15.2. The highest BCUT2D eigenvalue weighted by molar-refractivity contribution is 5.95. The van der Waals surface area contributed by atoms with Gasteiger partial charge in [-0.05, 0) is 43.2 Å². The molecule has 1 spiro atoms. The molecule has 1 atom stereocenters. The number of amides is 1. The Morgan fingerprint density at radius 2 is 1.91 bits per heavy atom. The van der Waals surface area contributed by atoms with Crippen LogP contribution in [-0.4, -0.2) is 40.1 Å². The minimum atomic E-state index is -0.163. The Labute approximate surface area is 129 Å². The monoisotopic (exact) mass is 296 g/mol. The molecule has 0 bridgehead atoms. The highest BCUT2D eigenvalue weighted by Crippen LogP contribution is 2.49. The van der Waals surface area contributed by atoms with E-state index >= 15 is 0 Å². The third-order valence-corrected chi connectivity index (χ3v) is 5.49. The molecule has 2 fully saturated rings. The first-order chi connectivity index (χ1) is 10.7. The van der Waals surface area contributed by atoms with Crippen LogP contribution in [0.4, 0.5) is 0 Å². The number of fused-ring (bicyclic) bond motifs is 1. The molecule has 1 saturated carbocycles. The number of aliphatic hydroxyl groups excluding tert-OH is 1. The van der Waals surface area contributed by atoms with E-state index in [-0.39, 0.29) is 17.4 Å². The number of pyridine rings is 1. The molecule has 1 aliphatic carbocycles. The van der Waals surface area contributed by atoms with Crippen LogP contribution in [0.5, 0.6) is 0 Å². The van der Waals surface area contributed by atoms with E-state index in [1.165, 1.54) is 0 Å². The van der Waals surface area contributed by atoms with Crippen molar-refractivity contribution in [3.8, 4) is 0 Å². The predicted octanol–water partition coefficient (Wildman–Crippen LogP) is 2.61. The number of likely N-dealkylation sites (tertiary alicyclic amines) is 1. The normalized spacial score (nSPS) is 23.5. The zero-order valence-corrected chi connectivity index (χ0v) is 12.5. The number of nitrogens with zero attached hydrogens (tertiary/aromatic N) is 2. The number of carbonyl (C=O) groups excluding carboxylic acids is 1. The lowest BCUT2D eigenvalue weighted by Crippen LogP contribution is -2.53. The summed E-state index contributed by atoms with van der Waals surface area (Å²) in [6.07, 6.45) is 3.68. The molecule has 1 unspecified atom stereocenters. The maximum atomic E-state index is 12.6. The standard InChI is InChI=1S/C18H20N2O2/c21-16-7-8-18(16)9-11-20(12-10-18)17(22)15-6-5-13-3-1-2-4-14(13)19-15/h1-6,16,21H,7-12H2. The molecule has 4 heteroatoms. The number of benzene rings is 1. The Morgan fingerprint density at radius 1 is 1.14 bits per heavy atom. The van der Waals surface area contributed by atoms with Crippen LogP contribution < -0.4 is 0 Å². The molecule has 1 aromatic carbocycles. The van der Waals surface area contributed by atoms with Gasteiger partial charge in [-0.15, -0.1) is 0 Å². The molecule has 1 N–H and O–H groups in total. The minimum Gasteiger partial charge on any atom is -0.393 e. The largest absolute Gasteiger partial charge is 0.393 e. The Kier molecular flexibility index (Phi) is 3.15. The molecule has 2 heterocycles. The van der Waals surface area contributed by atoms with Crippen molar-refractivity contribution >= 4 is 16.8 Å². The van der Waals surface area contributed by atoms with E-state index in [0.717, 1.165) is 49.7 Å². The average molecular weight is 296 g/mol. The van der Waals surface area contributed by atoms with Crippen molar-refractivity contribution in [1.82, 2.24) is 9.88 Å². The number of hydrogen-bond acceptors (Lipinski definition) is 3. The molecule has 4 nitrogen and oxygen atoms in total. The molecular weight excluding hydrogens is 276 g/mol. The fourth-order valence-corrected chi connectivity index (χ4v) is 3.77. The van der Waals surface area contributed by atoms with E-state index in [9.17, 15) is 9.90 Å². The molecule has 114 valence electrons. The van der Waals surface area contributed by atoms with E-state index in [0.29, 0.717) is 5.69 Å². The number of aliphatic hydroxyl groups is 1. The summed E-state index contributed by atoms with van der Waals surface area (Å²) in [7, 11) is 0. The molecule has 4 rings (SSSR count). The van der Waals surface area contributed by atoms with Crippen LogP contribution in [-0.2, 0) is 0 Å². The summed E-state index contributed by atoms with van der Waals surface area (Å²) < 4.78 is 0. The number of para-hydroxylation sites is 1. The summed E-state index contributed by atoms with van der Waals surface area (Å²) >= 11 is 0. The fraction of sp³-hybridized carbons (Fsp3) is 0.444. The van der Waals surface area contributed by atoms with Gasteiger partial charge in [0.2, 0.25) is 0 Å². The van der Waals surface area contributed by atoms with Crippen LogP contribution in [0, 0.1) is 5.41 Å². The summed E-state index contributed by atoms with van der Waals surface area (Å²) in [4.78, 5) is 19.0. The molecule has 1 aliphatic heterocycles. The summed E-state index contributed by atoms with van der Waals surface area (Å²) in [5.41, 5.74) is 1.47. The zero-order valence-electron chi connectivity index (χ0n) is 12.5. The van der Waals surface area contributed by atoms with Crippen LogP contribution >= 0.6 is 0 Å². The summed E-state index contributed by atoms with van der Waals surface area (Å²) in [5.74, 6) is 0.00872. The highest BCUT2D eigenvalue weighted by atomic mass is 16.3. The Bertz CT molecular complexity index is 720. The Morgan fingerprint density at radius 3 is 2.59 bits per heavy atom. The Balaban J connectivity index is 1.51. The van der Waals surface area contributed by atoms with Gasteiger partial charge >= 0.3 is 0 Å². The topological polar surface area (TPSA) is 53.4 Å². The molecule has 1 aromatic heterocycles. The van der Waals surface area contributed by atoms with Crippen molar-refractivity contribution < 1.29 is 9.90 Å². The molecule has 0 radical (unpaired) electrons. The first-order valence-corrected chi connectivity index (χ1v) is 8.01. The molecule has 2 aromatic rings. The average Bonchev–Trinajstić information content (AvgIpc) is 2.59. The van der Waals surface area contributed by atoms with Crippen molar-refractivity contribution in [3.63, 3.8) is 0 Å². The third-order valence-electron chi connectivity index (χ3n) is 5.49. The van der Waals surface area contributed by atoms with E-state index in [1.807, 2.05) is 41.3 Å². The fourth-order valence-electron chi connectivity index (χ4n) is 3.77. The predicted molar refractivity (Wildman–Crippen MR) is 84.6 cm³/mol. The number of hydrogen-bond donors (Lipinski definition) is 1. The lowest BCUT2D eigenvalue weighted by molar-refractivity contribution is -0.0952. The second kappa shape index (κ2) is 5.06. The van der Waals surface area contributed by atoms with Crippen LogP contribution in [0.2, 0.25) is 0 Å². The van der Waals surface area contributed by atoms with Crippen LogP contribution in [0.3, 0.4) is 0 Å². The van der Waals surface area contributed by atoms with Gasteiger partial charge in [0.05, 0.1) is 11.6 Å². The SMILES string of the molecule is O=C(c1ccc2ccccc2n1)N1CCC2(CCC2O)CC1. The second-order valence-corrected chi connectivity index (χ2v) is 6.60. The highest BCUT2D eigenvalue weighted by Gasteiger charge is 2.47. The second-order valence-electron chi connectivity index (χ2n) is 6.60. The Hall–Kier alpha value is -1.94.